The van der Waals surface area contributed by atoms with Crippen molar-refractivity contribution in [3.63, 3.8) is 0 Å². The fourth-order valence-electron chi connectivity index (χ4n) is 7.19. The van der Waals surface area contributed by atoms with Gasteiger partial charge in [0.1, 0.15) is 6.10 Å². The summed E-state index contributed by atoms with van der Waals surface area (Å²) in [5.74, 6) is 2.10. The largest absolute Gasteiger partial charge is 0.462 e. The summed E-state index contributed by atoms with van der Waals surface area (Å²) in [6, 6.07) is 0. The summed E-state index contributed by atoms with van der Waals surface area (Å²) in [6.45, 7) is 6.42. The van der Waals surface area contributed by atoms with Crippen LogP contribution >= 0.6 is 0 Å². The number of carbonyl (C=O) groups excluding carboxylic acids is 1. The second-order valence-corrected chi connectivity index (χ2v) is 9.51. The highest BCUT2D eigenvalue weighted by Crippen LogP contribution is 2.65. The lowest BCUT2D eigenvalue weighted by atomic mass is 9.48. The molecule has 4 aliphatic rings. The molecule has 4 fully saturated rings. The van der Waals surface area contributed by atoms with Crippen LogP contribution in [0.15, 0.2) is 0 Å². The third-order valence-corrected chi connectivity index (χ3v) is 8.50. The van der Waals surface area contributed by atoms with Crippen LogP contribution in [0.25, 0.3) is 0 Å². The summed E-state index contributed by atoms with van der Waals surface area (Å²) in [7, 11) is 1.76. The topological polar surface area (TPSA) is 44.8 Å². The van der Waals surface area contributed by atoms with Crippen LogP contribution in [0.4, 0.5) is 0 Å². The van der Waals surface area contributed by atoms with Crippen molar-refractivity contribution in [2.24, 2.45) is 28.6 Å². The van der Waals surface area contributed by atoms with Gasteiger partial charge in [0.2, 0.25) is 0 Å². The zero-order valence-electron chi connectivity index (χ0n) is 16.3. The van der Waals surface area contributed by atoms with E-state index in [2.05, 4.69) is 13.8 Å². The van der Waals surface area contributed by atoms with E-state index in [4.69, 9.17) is 14.2 Å². The lowest BCUT2D eigenvalue weighted by molar-refractivity contribution is -0.257. The zero-order valence-corrected chi connectivity index (χ0v) is 16.3. The average molecular weight is 350 g/mol. The van der Waals surface area contributed by atoms with E-state index < -0.39 is 0 Å². The summed E-state index contributed by atoms with van der Waals surface area (Å²) < 4.78 is 17.5. The average Bonchev–Trinajstić information content (AvgIpc) is 2.90. The van der Waals surface area contributed by atoms with Crippen molar-refractivity contribution in [1.82, 2.24) is 0 Å². The Labute approximate surface area is 152 Å². The quantitative estimate of drug-likeness (QED) is 0.696. The molecule has 4 rings (SSSR count). The third-order valence-electron chi connectivity index (χ3n) is 8.50. The van der Waals surface area contributed by atoms with Gasteiger partial charge < -0.3 is 14.2 Å². The summed E-state index contributed by atoms with van der Waals surface area (Å²) in [5, 5.41) is 0. The molecule has 4 heteroatoms. The van der Waals surface area contributed by atoms with Crippen molar-refractivity contribution < 1.29 is 19.0 Å². The SMILES string of the molecule is COC1CC[C@@]2(C)[C@@H](CC[C@@H]3[C@@H]2CC[C@]2(C)[C@@H](OC(C)=O)CC[C@@H]32)O1. The number of ether oxygens (including phenoxy) is 3. The smallest absolute Gasteiger partial charge is 0.302 e. The minimum atomic E-state index is -0.115. The molecule has 0 aromatic carbocycles. The van der Waals surface area contributed by atoms with Gasteiger partial charge in [-0.25, -0.2) is 0 Å². The highest BCUT2D eigenvalue weighted by Gasteiger charge is 2.61. The van der Waals surface area contributed by atoms with E-state index >= 15 is 0 Å². The first-order valence-electron chi connectivity index (χ1n) is 10.2. The molecule has 25 heavy (non-hydrogen) atoms. The van der Waals surface area contributed by atoms with Crippen molar-refractivity contribution in [3.05, 3.63) is 0 Å². The fraction of sp³-hybridized carbons (Fsp3) is 0.952. The highest BCUT2D eigenvalue weighted by molar-refractivity contribution is 5.66. The molecule has 0 radical (unpaired) electrons. The molecule has 0 aromatic heterocycles. The lowest BCUT2D eigenvalue weighted by Crippen LogP contribution is -2.57. The molecule has 0 N–H and O–H groups in total. The van der Waals surface area contributed by atoms with Gasteiger partial charge in [-0.3, -0.25) is 4.79 Å². The number of rotatable bonds is 2. The van der Waals surface area contributed by atoms with Crippen LogP contribution in [0.3, 0.4) is 0 Å². The predicted octanol–water partition coefficient (Wildman–Crippen LogP) is 4.31. The van der Waals surface area contributed by atoms with Crippen molar-refractivity contribution in [2.45, 2.75) is 90.6 Å². The van der Waals surface area contributed by atoms with E-state index in [9.17, 15) is 4.79 Å². The molecular formula is C21H34O4. The van der Waals surface area contributed by atoms with Gasteiger partial charge in [0.05, 0.1) is 6.10 Å². The van der Waals surface area contributed by atoms with E-state index in [-0.39, 0.29) is 23.8 Å². The van der Waals surface area contributed by atoms with Crippen LogP contribution in [-0.4, -0.2) is 31.6 Å². The van der Waals surface area contributed by atoms with Gasteiger partial charge in [-0.1, -0.05) is 13.8 Å². The Morgan fingerprint density at radius 3 is 2.40 bits per heavy atom. The molecule has 0 bridgehead atoms. The normalized spacial score (nSPS) is 52.0. The second-order valence-electron chi connectivity index (χ2n) is 9.51. The molecule has 0 amide bonds. The summed E-state index contributed by atoms with van der Waals surface area (Å²) in [4.78, 5) is 11.5. The molecule has 1 heterocycles. The molecule has 142 valence electrons. The van der Waals surface area contributed by atoms with Gasteiger partial charge >= 0.3 is 5.97 Å². The Morgan fingerprint density at radius 1 is 0.960 bits per heavy atom. The lowest BCUT2D eigenvalue weighted by Gasteiger charge is -2.60. The number of hydrogen-bond acceptors (Lipinski definition) is 4. The van der Waals surface area contributed by atoms with Gasteiger partial charge in [-0.05, 0) is 74.5 Å². The van der Waals surface area contributed by atoms with Crippen LogP contribution in [-0.2, 0) is 19.0 Å². The maximum Gasteiger partial charge on any atom is 0.302 e. The minimum absolute atomic E-state index is 0.0108. The van der Waals surface area contributed by atoms with Crippen LogP contribution < -0.4 is 0 Å². The molecule has 1 aliphatic heterocycles. The predicted molar refractivity (Wildman–Crippen MR) is 94.8 cm³/mol. The van der Waals surface area contributed by atoms with Crippen molar-refractivity contribution in [2.75, 3.05) is 7.11 Å². The summed E-state index contributed by atoms with van der Waals surface area (Å²) in [5.41, 5.74) is 0.472. The molecule has 3 aliphatic carbocycles. The monoisotopic (exact) mass is 350 g/mol. The van der Waals surface area contributed by atoms with Gasteiger partial charge in [0.15, 0.2) is 6.29 Å². The molecule has 0 aromatic rings. The maximum atomic E-state index is 11.5. The molecular weight excluding hydrogens is 316 g/mol. The van der Waals surface area contributed by atoms with Crippen LogP contribution in [0.5, 0.6) is 0 Å². The van der Waals surface area contributed by atoms with Gasteiger partial charge in [-0.15, -0.1) is 0 Å². The van der Waals surface area contributed by atoms with E-state index in [1.807, 2.05) is 0 Å². The third kappa shape index (κ3) is 2.66. The van der Waals surface area contributed by atoms with Crippen LogP contribution in [0.1, 0.15) is 72.1 Å². The molecule has 0 spiro atoms. The van der Waals surface area contributed by atoms with E-state index in [0.29, 0.717) is 17.4 Å². The fourth-order valence-corrected chi connectivity index (χ4v) is 7.19. The van der Waals surface area contributed by atoms with E-state index in [1.165, 1.54) is 32.1 Å². The van der Waals surface area contributed by atoms with Gasteiger partial charge in [0.25, 0.3) is 0 Å². The maximum absolute atomic E-state index is 11.5. The second kappa shape index (κ2) is 6.23. The number of esters is 1. The molecule has 8 atom stereocenters. The van der Waals surface area contributed by atoms with Gasteiger partial charge in [-0.2, -0.15) is 0 Å². The first-order chi connectivity index (χ1) is 11.9. The first-order valence-corrected chi connectivity index (χ1v) is 10.2. The molecule has 1 unspecified atom stereocenters. The number of hydrogen-bond donors (Lipinski definition) is 0. The number of fused-ring (bicyclic) bond motifs is 5. The van der Waals surface area contributed by atoms with Crippen molar-refractivity contribution in [3.8, 4) is 0 Å². The minimum Gasteiger partial charge on any atom is -0.462 e. The summed E-state index contributed by atoms with van der Waals surface area (Å²) >= 11 is 0. The van der Waals surface area contributed by atoms with Crippen molar-refractivity contribution in [1.29, 1.82) is 0 Å². The number of carbonyl (C=O) groups is 1. The number of methoxy groups -OCH3 is 1. The van der Waals surface area contributed by atoms with E-state index in [1.54, 1.807) is 14.0 Å². The first kappa shape index (κ1) is 17.8. The van der Waals surface area contributed by atoms with Gasteiger partial charge in [0, 0.05) is 19.4 Å². The molecule has 3 saturated carbocycles. The van der Waals surface area contributed by atoms with Crippen LogP contribution in [0, 0.1) is 28.6 Å². The Morgan fingerprint density at radius 2 is 1.68 bits per heavy atom. The Hall–Kier alpha value is -0.610. The Balaban J connectivity index is 1.55. The highest BCUT2D eigenvalue weighted by atomic mass is 16.7. The Kier molecular flexibility index (Phi) is 4.43. The van der Waals surface area contributed by atoms with E-state index in [0.717, 1.165) is 31.1 Å². The zero-order chi connectivity index (χ0) is 17.8. The molecule has 1 saturated heterocycles. The Bertz CT molecular complexity index is 534. The standard InChI is InChI=1S/C21H34O4/c1-13(22)24-17-8-6-15-14-5-7-18-21(3,12-10-19(23-4)25-18)16(14)9-11-20(15,17)2/h14-19H,5-12H2,1-4H3/t14-,15-,16-,17-,18+,19?,20-,21+/m0/s1. The molecule has 4 nitrogen and oxygen atoms in total. The summed E-state index contributed by atoms with van der Waals surface area (Å²) in [6.07, 6.45) is 9.82. The van der Waals surface area contributed by atoms with Crippen molar-refractivity contribution >= 4 is 5.97 Å². The van der Waals surface area contributed by atoms with Crippen LogP contribution in [0.2, 0.25) is 0 Å².